The second-order valence-electron chi connectivity index (χ2n) is 4.44. The number of nitrogens with zero attached hydrogens (tertiary/aromatic N) is 1. The molecular formula is C16H11BrFNS. The zero-order valence-electron chi connectivity index (χ0n) is 10.7. The number of hydrogen-bond donors (Lipinski definition) is 0. The minimum absolute atomic E-state index is 0.227. The molecule has 0 unspecified atom stereocenters. The number of thiazole rings is 1. The smallest absolute Gasteiger partial charge is 0.124 e. The molecule has 0 saturated heterocycles. The first kappa shape index (κ1) is 13.5. The Morgan fingerprint density at radius 1 is 0.950 bits per heavy atom. The van der Waals surface area contributed by atoms with Crippen molar-refractivity contribution in [3.05, 3.63) is 63.7 Å². The van der Waals surface area contributed by atoms with Crippen molar-refractivity contribution in [1.82, 2.24) is 4.98 Å². The first-order valence-electron chi connectivity index (χ1n) is 6.13. The highest BCUT2D eigenvalue weighted by Crippen LogP contribution is 2.33. The summed E-state index contributed by atoms with van der Waals surface area (Å²) in [5.41, 5.74) is 2.96. The van der Waals surface area contributed by atoms with Gasteiger partial charge in [0.1, 0.15) is 10.8 Å². The van der Waals surface area contributed by atoms with Crippen molar-refractivity contribution in [3.63, 3.8) is 0 Å². The minimum Gasteiger partial charge on any atom is -0.236 e. The molecule has 0 amide bonds. The van der Waals surface area contributed by atoms with Crippen LogP contribution in [0.4, 0.5) is 4.39 Å². The summed E-state index contributed by atoms with van der Waals surface area (Å²) in [6.45, 7) is 2.04. The fourth-order valence-corrected chi connectivity index (χ4v) is 3.19. The van der Waals surface area contributed by atoms with Gasteiger partial charge in [-0.25, -0.2) is 9.37 Å². The molecule has 3 aromatic rings. The molecule has 0 aliphatic rings. The molecule has 0 spiro atoms. The average Bonchev–Trinajstić information content (AvgIpc) is 2.82. The van der Waals surface area contributed by atoms with Crippen LogP contribution in [-0.4, -0.2) is 4.98 Å². The van der Waals surface area contributed by atoms with E-state index in [-0.39, 0.29) is 5.82 Å². The van der Waals surface area contributed by atoms with Crippen LogP contribution in [0.2, 0.25) is 0 Å². The lowest BCUT2D eigenvalue weighted by atomic mass is 10.1. The van der Waals surface area contributed by atoms with E-state index in [0.29, 0.717) is 0 Å². The van der Waals surface area contributed by atoms with E-state index >= 15 is 0 Å². The predicted molar refractivity (Wildman–Crippen MR) is 85.4 cm³/mol. The standard InChI is InChI=1S/C16H11BrFNS/c1-10-15(11-4-8-14(18)9-5-11)19-16(20-10)12-2-6-13(17)7-3-12/h2-9H,1H3. The van der Waals surface area contributed by atoms with E-state index in [1.54, 1.807) is 23.5 Å². The maximum atomic E-state index is 13.0. The summed E-state index contributed by atoms with van der Waals surface area (Å²) in [6, 6.07) is 14.5. The summed E-state index contributed by atoms with van der Waals surface area (Å²) in [6.07, 6.45) is 0. The third kappa shape index (κ3) is 2.67. The quantitative estimate of drug-likeness (QED) is 0.580. The summed E-state index contributed by atoms with van der Waals surface area (Å²) in [5.74, 6) is -0.227. The second kappa shape index (κ2) is 5.46. The third-order valence-corrected chi connectivity index (χ3v) is 4.55. The van der Waals surface area contributed by atoms with Gasteiger partial charge in [-0.05, 0) is 43.3 Å². The van der Waals surface area contributed by atoms with Gasteiger partial charge in [-0.15, -0.1) is 11.3 Å². The van der Waals surface area contributed by atoms with E-state index in [1.165, 1.54) is 12.1 Å². The van der Waals surface area contributed by atoms with E-state index in [1.807, 2.05) is 31.2 Å². The Labute approximate surface area is 129 Å². The molecule has 0 saturated carbocycles. The summed E-state index contributed by atoms with van der Waals surface area (Å²) >= 11 is 5.08. The monoisotopic (exact) mass is 347 g/mol. The fourth-order valence-electron chi connectivity index (χ4n) is 1.99. The summed E-state index contributed by atoms with van der Waals surface area (Å²) in [4.78, 5) is 5.82. The van der Waals surface area contributed by atoms with Crippen LogP contribution in [0.5, 0.6) is 0 Å². The van der Waals surface area contributed by atoms with Crippen molar-refractivity contribution in [2.75, 3.05) is 0 Å². The first-order chi connectivity index (χ1) is 9.63. The van der Waals surface area contributed by atoms with E-state index in [9.17, 15) is 4.39 Å². The predicted octanol–water partition coefficient (Wildman–Crippen LogP) is 5.69. The van der Waals surface area contributed by atoms with Gasteiger partial charge in [-0.1, -0.05) is 28.1 Å². The van der Waals surface area contributed by atoms with Gasteiger partial charge in [-0.2, -0.15) is 0 Å². The Balaban J connectivity index is 2.02. The number of aryl methyl sites for hydroxylation is 1. The summed E-state index contributed by atoms with van der Waals surface area (Å²) < 4.78 is 14.0. The van der Waals surface area contributed by atoms with E-state index < -0.39 is 0 Å². The summed E-state index contributed by atoms with van der Waals surface area (Å²) in [5, 5.41) is 0.981. The molecule has 0 N–H and O–H groups in total. The van der Waals surface area contributed by atoms with E-state index in [2.05, 4.69) is 15.9 Å². The molecule has 4 heteroatoms. The normalized spacial score (nSPS) is 10.8. The van der Waals surface area contributed by atoms with Crippen LogP contribution < -0.4 is 0 Å². The van der Waals surface area contributed by atoms with Crippen LogP contribution in [0.15, 0.2) is 53.0 Å². The average molecular weight is 348 g/mol. The van der Waals surface area contributed by atoms with E-state index in [4.69, 9.17) is 4.98 Å². The van der Waals surface area contributed by atoms with Crippen molar-refractivity contribution in [3.8, 4) is 21.8 Å². The van der Waals surface area contributed by atoms with Gasteiger partial charge < -0.3 is 0 Å². The van der Waals surface area contributed by atoms with Gasteiger partial charge in [-0.3, -0.25) is 0 Å². The topological polar surface area (TPSA) is 12.9 Å². The molecule has 0 radical (unpaired) electrons. The Kier molecular flexibility index (Phi) is 3.68. The van der Waals surface area contributed by atoms with Gasteiger partial charge in [0.15, 0.2) is 0 Å². The molecule has 0 aliphatic carbocycles. The number of rotatable bonds is 2. The molecule has 20 heavy (non-hydrogen) atoms. The van der Waals surface area contributed by atoms with Crippen LogP contribution in [0.25, 0.3) is 21.8 Å². The Hall–Kier alpha value is -1.52. The minimum atomic E-state index is -0.227. The van der Waals surface area contributed by atoms with Gasteiger partial charge in [0.05, 0.1) is 5.69 Å². The molecule has 0 fully saturated rings. The molecule has 1 aromatic heterocycles. The van der Waals surface area contributed by atoms with Gasteiger partial charge in [0.2, 0.25) is 0 Å². The maximum Gasteiger partial charge on any atom is 0.124 e. The first-order valence-corrected chi connectivity index (χ1v) is 7.74. The Bertz CT molecular complexity index is 732. The van der Waals surface area contributed by atoms with Crippen molar-refractivity contribution in [1.29, 1.82) is 0 Å². The second-order valence-corrected chi connectivity index (χ2v) is 6.56. The molecular weight excluding hydrogens is 337 g/mol. The lowest BCUT2D eigenvalue weighted by molar-refractivity contribution is 0.628. The van der Waals surface area contributed by atoms with Crippen LogP contribution in [0, 0.1) is 12.7 Å². The lowest BCUT2D eigenvalue weighted by Crippen LogP contribution is -1.82. The van der Waals surface area contributed by atoms with Crippen molar-refractivity contribution in [2.45, 2.75) is 6.92 Å². The number of benzene rings is 2. The lowest BCUT2D eigenvalue weighted by Gasteiger charge is -1.98. The highest BCUT2D eigenvalue weighted by Gasteiger charge is 2.11. The zero-order valence-corrected chi connectivity index (χ0v) is 13.1. The van der Waals surface area contributed by atoms with Crippen LogP contribution in [-0.2, 0) is 0 Å². The maximum absolute atomic E-state index is 13.0. The van der Waals surface area contributed by atoms with Crippen LogP contribution >= 0.6 is 27.3 Å². The van der Waals surface area contributed by atoms with Gasteiger partial charge in [0, 0.05) is 20.5 Å². The molecule has 0 aliphatic heterocycles. The number of halogens is 2. The molecule has 2 aromatic carbocycles. The summed E-state index contributed by atoms with van der Waals surface area (Å²) in [7, 11) is 0. The van der Waals surface area contributed by atoms with Crippen molar-refractivity contribution in [2.24, 2.45) is 0 Å². The number of aromatic nitrogens is 1. The molecule has 100 valence electrons. The molecule has 0 bridgehead atoms. The fraction of sp³-hybridized carbons (Fsp3) is 0.0625. The highest BCUT2D eigenvalue weighted by atomic mass is 79.9. The SMILES string of the molecule is Cc1sc(-c2ccc(Br)cc2)nc1-c1ccc(F)cc1. The Morgan fingerprint density at radius 2 is 1.55 bits per heavy atom. The van der Waals surface area contributed by atoms with Crippen LogP contribution in [0.1, 0.15) is 4.88 Å². The highest BCUT2D eigenvalue weighted by molar-refractivity contribution is 9.10. The molecule has 0 atom stereocenters. The Morgan fingerprint density at radius 3 is 2.20 bits per heavy atom. The number of hydrogen-bond acceptors (Lipinski definition) is 2. The van der Waals surface area contributed by atoms with Gasteiger partial charge >= 0.3 is 0 Å². The molecule has 1 heterocycles. The third-order valence-electron chi connectivity index (χ3n) is 3.01. The van der Waals surface area contributed by atoms with Crippen molar-refractivity contribution < 1.29 is 4.39 Å². The van der Waals surface area contributed by atoms with Crippen molar-refractivity contribution >= 4 is 27.3 Å². The largest absolute Gasteiger partial charge is 0.236 e. The zero-order chi connectivity index (χ0) is 14.1. The van der Waals surface area contributed by atoms with E-state index in [0.717, 1.165) is 31.2 Å². The van der Waals surface area contributed by atoms with Gasteiger partial charge in [0.25, 0.3) is 0 Å². The molecule has 1 nitrogen and oxygen atoms in total. The molecule has 3 rings (SSSR count). The van der Waals surface area contributed by atoms with Crippen LogP contribution in [0.3, 0.4) is 0 Å².